The van der Waals surface area contributed by atoms with Gasteiger partial charge in [-0.1, -0.05) is 16.8 Å². The van der Waals surface area contributed by atoms with Crippen LogP contribution in [-0.2, 0) is 6.54 Å². The molecule has 0 aliphatic rings. The van der Waals surface area contributed by atoms with Gasteiger partial charge in [-0.15, -0.1) is 0 Å². The normalized spacial score (nSPS) is 10.3. The molecular weight excluding hydrogens is 232 g/mol. The minimum absolute atomic E-state index is 0.188. The van der Waals surface area contributed by atoms with Gasteiger partial charge in [0.25, 0.3) is 5.91 Å². The lowest BCUT2D eigenvalue weighted by atomic mass is 10.1. The van der Waals surface area contributed by atoms with Crippen LogP contribution in [0.1, 0.15) is 27.6 Å². The van der Waals surface area contributed by atoms with Crippen LogP contribution in [-0.4, -0.2) is 16.0 Å². The third-order valence-corrected chi connectivity index (χ3v) is 2.42. The second kappa shape index (κ2) is 4.87. The van der Waals surface area contributed by atoms with Crippen molar-refractivity contribution in [3.05, 3.63) is 41.0 Å². The number of anilines is 1. The number of benzene rings is 1. The number of hydrogen-bond donors (Lipinski definition) is 2. The van der Waals surface area contributed by atoms with Gasteiger partial charge in [-0.2, -0.15) is 4.98 Å². The average molecular weight is 246 g/mol. The van der Waals surface area contributed by atoms with Gasteiger partial charge in [0.1, 0.15) is 0 Å². The van der Waals surface area contributed by atoms with Crippen LogP contribution in [0.4, 0.5) is 5.69 Å². The molecule has 1 aromatic heterocycles. The number of aromatic nitrogens is 2. The summed E-state index contributed by atoms with van der Waals surface area (Å²) < 4.78 is 4.90. The summed E-state index contributed by atoms with van der Waals surface area (Å²) in [4.78, 5) is 15.9. The van der Waals surface area contributed by atoms with Gasteiger partial charge in [0.05, 0.1) is 12.1 Å². The highest BCUT2D eigenvalue weighted by atomic mass is 16.5. The van der Waals surface area contributed by atoms with Crippen molar-refractivity contribution < 1.29 is 9.32 Å². The number of amides is 1. The number of hydrogen-bond acceptors (Lipinski definition) is 5. The van der Waals surface area contributed by atoms with Crippen molar-refractivity contribution in [3.63, 3.8) is 0 Å². The summed E-state index contributed by atoms with van der Waals surface area (Å²) in [6.07, 6.45) is 0. The molecule has 1 aromatic carbocycles. The summed E-state index contributed by atoms with van der Waals surface area (Å²) in [5.41, 5.74) is 7.62. The van der Waals surface area contributed by atoms with E-state index >= 15 is 0 Å². The van der Waals surface area contributed by atoms with Crippen LogP contribution in [0.15, 0.2) is 22.7 Å². The van der Waals surface area contributed by atoms with E-state index in [1.54, 1.807) is 19.1 Å². The quantitative estimate of drug-likeness (QED) is 0.793. The zero-order chi connectivity index (χ0) is 13.1. The van der Waals surface area contributed by atoms with Crippen LogP contribution in [0.5, 0.6) is 0 Å². The van der Waals surface area contributed by atoms with E-state index in [-0.39, 0.29) is 12.5 Å². The fraction of sp³-hybridized carbons (Fsp3) is 0.250. The van der Waals surface area contributed by atoms with Crippen LogP contribution < -0.4 is 11.1 Å². The lowest BCUT2D eigenvalue weighted by Gasteiger charge is -2.06. The molecule has 6 heteroatoms. The van der Waals surface area contributed by atoms with Crippen molar-refractivity contribution in [2.75, 3.05) is 5.73 Å². The standard InChI is InChI=1S/C12H14N4O2/c1-7-3-4-10(13)9(5-7)12(17)14-6-11-15-8(2)16-18-11/h3-5H,6,13H2,1-2H3,(H,14,17). The molecule has 0 bridgehead atoms. The van der Waals surface area contributed by atoms with Crippen molar-refractivity contribution in [3.8, 4) is 0 Å². The number of nitrogens with one attached hydrogen (secondary N) is 1. The van der Waals surface area contributed by atoms with Gasteiger partial charge < -0.3 is 15.6 Å². The maximum absolute atomic E-state index is 11.9. The van der Waals surface area contributed by atoms with Crippen LogP contribution in [0.3, 0.4) is 0 Å². The van der Waals surface area contributed by atoms with Crippen molar-refractivity contribution >= 4 is 11.6 Å². The summed E-state index contributed by atoms with van der Waals surface area (Å²) in [5, 5.41) is 6.32. The highest BCUT2D eigenvalue weighted by Gasteiger charge is 2.11. The van der Waals surface area contributed by atoms with Crippen LogP contribution >= 0.6 is 0 Å². The SMILES string of the molecule is Cc1ccc(N)c(C(=O)NCc2nc(C)no2)c1. The zero-order valence-electron chi connectivity index (χ0n) is 10.2. The predicted octanol–water partition coefficient (Wildman–Crippen LogP) is 1.20. The lowest BCUT2D eigenvalue weighted by Crippen LogP contribution is -2.24. The maximum atomic E-state index is 11.9. The largest absolute Gasteiger partial charge is 0.398 e. The summed E-state index contributed by atoms with van der Waals surface area (Å²) in [7, 11) is 0. The van der Waals surface area contributed by atoms with Crippen LogP contribution in [0.25, 0.3) is 0 Å². The number of aryl methyl sites for hydroxylation is 2. The molecule has 94 valence electrons. The molecule has 18 heavy (non-hydrogen) atoms. The van der Waals surface area contributed by atoms with Gasteiger partial charge in [0.2, 0.25) is 5.89 Å². The van der Waals surface area contributed by atoms with Gasteiger partial charge in [0, 0.05) is 5.69 Å². The molecule has 0 saturated heterocycles. The Morgan fingerprint density at radius 2 is 2.22 bits per heavy atom. The monoisotopic (exact) mass is 246 g/mol. The third kappa shape index (κ3) is 2.65. The molecule has 0 radical (unpaired) electrons. The number of rotatable bonds is 3. The van der Waals surface area contributed by atoms with E-state index in [1.807, 2.05) is 13.0 Å². The summed E-state index contributed by atoms with van der Waals surface area (Å²) in [6, 6.07) is 5.30. The molecule has 0 aliphatic carbocycles. The number of carbonyl (C=O) groups excluding carboxylic acids is 1. The van der Waals surface area contributed by atoms with Gasteiger partial charge in [-0.3, -0.25) is 4.79 Å². The molecule has 1 heterocycles. The molecular formula is C12H14N4O2. The Morgan fingerprint density at radius 1 is 1.44 bits per heavy atom. The van der Waals surface area contributed by atoms with Crippen molar-refractivity contribution in [1.29, 1.82) is 0 Å². The molecule has 0 aliphatic heterocycles. The molecule has 0 saturated carbocycles. The molecule has 0 fully saturated rings. The van der Waals surface area contributed by atoms with Gasteiger partial charge in [-0.25, -0.2) is 0 Å². The van der Waals surface area contributed by atoms with E-state index < -0.39 is 0 Å². The molecule has 3 N–H and O–H groups in total. The third-order valence-electron chi connectivity index (χ3n) is 2.42. The minimum atomic E-state index is -0.257. The van der Waals surface area contributed by atoms with Crippen molar-refractivity contribution in [2.24, 2.45) is 0 Å². The first-order valence-corrected chi connectivity index (χ1v) is 5.50. The average Bonchev–Trinajstić information content (AvgIpc) is 2.75. The topological polar surface area (TPSA) is 94.0 Å². The first-order valence-electron chi connectivity index (χ1n) is 5.50. The number of nitrogen functional groups attached to an aromatic ring is 1. The molecule has 0 atom stereocenters. The van der Waals surface area contributed by atoms with E-state index in [9.17, 15) is 4.79 Å². The van der Waals surface area contributed by atoms with Gasteiger partial charge in [0.15, 0.2) is 5.82 Å². The van der Waals surface area contributed by atoms with Crippen molar-refractivity contribution in [1.82, 2.24) is 15.5 Å². The molecule has 6 nitrogen and oxygen atoms in total. The van der Waals surface area contributed by atoms with E-state index in [2.05, 4.69) is 15.5 Å². The zero-order valence-corrected chi connectivity index (χ0v) is 10.2. The highest BCUT2D eigenvalue weighted by molar-refractivity contribution is 5.99. The smallest absolute Gasteiger partial charge is 0.253 e. The molecule has 2 rings (SSSR count). The highest BCUT2D eigenvalue weighted by Crippen LogP contribution is 2.13. The molecule has 0 unspecified atom stereocenters. The fourth-order valence-electron chi connectivity index (χ4n) is 1.53. The summed E-state index contributed by atoms with van der Waals surface area (Å²) in [6.45, 7) is 3.80. The van der Waals surface area contributed by atoms with Gasteiger partial charge >= 0.3 is 0 Å². The Labute approximate surface area is 104 Å². The Bertz CT molecular complexity index is 577. The lowest BCUT2D eigenvalue weighted by molar-refractivity contribution is 0.0947. The Hall–Kier alpha value is -2.37. The predicted molar refractivity (Wildman–Crippen MR) is 65.8 cm³/mol. The van der Waals surface area contributed by atoms with E-state index in [1.165, 1.54) is 0 Å². The fourth-order valence-corrected chi connectivity index (χ4v) is 1.53. The van der Waals surface area contributed by atoms with E-state index in [4.69, 9.17) is 10.3 Å². The summed E-state index contributed by atoms with van der Waals surface area (Å²) in [5.74, 6) is 0.647. The van der Waals surface area contributed by atoms with E-state index in [0.717, 1.165) is 5.56 Å². The number of nitrogens with zero attached hydrogens (tertiary/aromatic N) is 2. The maximum Gasteiger partial charge on any atom is 0.253 e. The van der Waals surface area contributed by atoms with Gasteiger partial charge in [-0.05, 0) is 26.0 Å². The first-order chi connectivity index (χ1) is 8.56. The Morgan fingerprint density at radius 3 is 2.89 bits per heavy atom. The second-order valence-electron chi connectivity index (χ2n) is 4.01. The molecule has 2 aromatic rings. The number of nitrogens with two attached hydrogens (primary N) is 1. The minimum Gasteiger partial charge on any atom is -0.398 e. The van der Waals surface area contributed by atoms with Crippen LogP contribution in [0, 0.1) is 13.8 Å². The Balaban J connectivity index is 2.05. The van der Waals surface area contributed by atoms with E-state index in [0.29, 0.717) is 23.0 Å². The van der Waals surface area contributed by atoms with Crippen molar-refractivity contribution in [2.45, 2.75) is 20.4 Å². The molecule has 0 spiro atoms. The number of carbonyl (C=O) groups is 1. The second-order valence-corrected chi connectivity index (χ2v) is 4.01. The van der Waals surface area contributed by atoms with Crippen LogP contribution in [0.2, 0.25) is 0 Å². The summed E-state index contributed by atoms with van der Waals surface area (Å²) >= 11 is 0. The first kappa shape index (κ1) is 12.1. The Kier molecular flexibility index (Phi) is 3.27. The molecule has 1 amide bonds.